The molecule has 0 heterocycles. The molecule has 7 nitrogen and oxygen atoms in total. The normalized spacial score (nSPS) is 23.4. The van der Waals surface area contributed by atoms with E-state index in [-0.39, 0.29) is 29.1 Å². The van der Waals surface area contributed by atoms with Crippen LogP contribution in [0.5, 0.6) is 0 Å². The number of rotatable bonds is 4. The molecule has 1 saturated carbocycles. The van der Waals surface area contributed by atoms with Crippen LogP contribution in [0.1, 0.15) is 19.3 Å². The van der Waals surface area contributed by atoms with Crippen molar-refractivity contribution < 1.29 is 27.5 Å². The topological polar surface area (TPSA) is 111 Å². The zero-order chi connectivity index (χ0) is 19.8. The summed E-state index contributed by atoms with van der Waals surface area (Å²) in [5, 5.41) is 9.53. The molecule has 3 rings (SSSR count). The van der Waals surface area contributed by atoms with Crippen LogP contribution in [0.3, 0.4) is 0 Å². The monoisotopic (exact) mass is 389 g/mol. The highest BCUT2D eigenvalue weighted by Gasteiger charge is 2.60. The van der Waals surface area contributed by atoms with Crippen molar-refractivity contribution in [1.29, 1.82) is 5.26 Å². The number of methoxy groups -OCH3 is 2. The molecule has 0 bridgehead atoms. The summed E-state index contributed by atoms with van der Waals surface area (Å²) in [6, 6.07) is 10.1. The molecule has 1 aromatic carbocycles. The molecule has 2 atom stereocenters. The third-order valence-electron chi connectivity index (χ3n) is 5.45. The largest absolute Gasteiger partial charge is 0.468 e. The van der Waals surface area contributed by atoms with Gasteiger partial charge in [-0.2, -0.15) is 5.26 Å². The van der Waals surface area contributed by atoms with Crippen molar-refractivity contribution in [3.8, 4) is 6.07 Å². The minimum atomic E-state index is -3.83. The van der Waals surface area contributed by atoms with Gasteiger partial charge >= 0.3 is 11.9 Å². The van der Waals surface area contributed by atoms with Crippen LogP contribution in [0.25, 0.3) is 0 Å². The summed E-state index contributed by atoms with van der Waals surface area (Å²) in [6.07, 6.45) is -0.0313. The number of allylic oxidation sites excluding steroid dienone is 2. The molecule has 0 radical (unpaired) electrons. The van der Waals surface area contributed by atoms with Crippen molar-refractivity contribution in [2.45, 2.75) is 24.2 Å². The number of hydrogen-bond acceptors (Lipinski definition) is 7. The fraction of sp³-hybridized carbons (Fsp3) is 0.421. The van der Waals surface area contributed by atoms with Crippen molar-refractivity contribution in [3.63, 3.8) is 0 Å². The molecule has 27 heavy (non-hydrogen) atoms. The van der Waals surface area contributed by atoms with Crippen molar-refractivity contribution in [2.75, 3.05) is 14.2 Å². The number of hydrogen-bond donors (Lipinski definition) is 0. The highest BCUT2D eigenvalue weighted by atomic mass is 32.2. The molecule has 8 heteroatoms. The molecule has 0 saturated heterocycles. The molecule has 1 fully saturated rings. The predicted octanol–water partition coefficient (Wildman–Crippen LogP) is 2.00. The summed E-state index contributed by atoms with van der Waals surface area (Å²) >= 11 is 0. The van der Waals surface area contributed by atoms with Gasteiger partial charge < -0.3 is 9.47 Å². The van der Waals surface area contributed by atoms with Crippen LogP contribution in [0, 0.1) is 28.6 Å². The van der Waals surface area contributed by atoms with E-state index < -0.39 is 39.0 Å². The Balaban J connectivity index is 2.15. The molecule has 2 aliphatic rings. The van der Waals surface area contributed by atoms with Gasteiger partial charge in [-0.05, 0) is 36.5 Å². The van der Waals surface area contributed by atoms with E-state index in [1.807, 2.05) is 0 Å². The molecular formula is C19H19NO6S. The van der Waals surface area contributed by atoms with Crippen molar-refractivity contribution in [3.05, 3.63) is 40.8 Å². The van der Waals surface area contributed by atoms with Crippen LogP contribution < -0.4 is 0 Å². The summed E-state index contributed by atoms with van der Waals surface area (Å²) in [6.45, 7) is 0. The van der Waals surface area contributed by atoms with Crippen LogP contribution in [0.2, 0.25) is 0 Å². The average molecular weight is 389 g/mol. The average Bonchev–Trinajstić information content (AvgIpc) is 3.24. The summed E-state index contributed by atoms with van der Waals surface area (Å²) in [4.78, 5) is 25.1. The minimum Gasteiger partial charge on any atom is -0.468 e. The highest BCUT2D eigenvalue weighted by molar-refractivity contribution is 7.95. The Morgan fingerprint density at radius 3 is 2.26 bits per heavy atom. The summed E-state index contributed by atoms with van der Waals surface area (Å²) in [5.41, 5.74) is -1.16. The SMILES string of the molecule is COC(=O)C1(C(=O)OC)CC2=C(S(=O)(=O)c3ccccc3)C[C@H](C#N)[C@H]2C1. The van der Waals surface area contributed by atoms with Crippen LogP contribution in [-0.4, -0.2) is 34.6 Å². The Bertz CT molecular complexity index is 942. The summed E-state index contributed by atoms with van der Waals surface area (Å²) < 4.78 is 35.9. The lowest BCUT2D eigenvalue weighted by Gasteiger charge is -2.24. The third-order valence-corrected chi connectivity index (χ3v) is 7.42. The van der Waals surface area contributed by atoms with E-state index in [2.05, 4.69) is 6.07 Å². The number of esters is 2. The van der Waals surface area contributed by atoms with E-state index in [9.17, 15) is 23.3 Å². The van der Waals surface area contributed by atoms with Gasteiger partial charge in [-0.15, -0.1) is 0 Å². The van der Waals surface area contributed by atoms with Crippen LogP contribution in [0.4, 0.5) is 0 Å². The molecule has 0 aromatic heterocycles. The number of sulfone groups is 1. The first-order valence-electron chi connectivity index (χ1n) is 8.40. The van der Waals surface area contributed by atoms with Crippen LogP contribution >= 0.6 is 0 Å². The number of nitrogens with zero attached hydrogens (tertiary/aromatic N) is 1. The van der Waals surface area contributed by atoms with E-state index in [0.29, 0.717) is 5.57 Å². The third kappa shape index (κ3) is 2.82. The first kappa shape index (κ1) is 19.1. The second-order valence-electron chi connectivity index (χ2n) is 6.76. The molecule has 142 valence electrons. The maximum Gasteiger partial charge on any atom is 0.323 e. The lowest BCUT2D eigenvalue weighted by molar-refractivity contribution is -0.168. The van der Waals surface area contributed by atoms with Gasteiger partial charge in [0.15, 0.2) is 5.41 Å². The first-order chi connectivity index (χ1) is 12.8. The second-order valence-corrected chi connectivity index (χ2v) is 8.73. The van der Waals surface area contributed by atoms with Crippen molar-refractivity contribution in [1.82, 2.24) is 0 Å². The van der Waals surface area contributed by atoms with Gasteiger partial charge in [-0.25, -0.2) is 8.42 Å². The summed E-state index contributed by atoms with van der Waals surface area (Å²) in [7, 11) is -1.50. The molecule has 1 aromatic rings. The number of benzene rings is 1. The Morgan fingerprint density at radius 2 is 1.74 bits per heavy atom. The van der Waals surface area contributed by atoms with Gasteiger partial charge in [-0.3, -0.25) is 9.59 Å². The number of carbonyl (C=O) groups excluding carboxylic acids is 2. The fourth-order valence-corrected chi connectivity index (χ4v) is 5.90. The van der Waals surface area contributed by atoms with E-state index in [4.69, 9.17) is 9.47 Å². The number of fused-ring (bicyclic) bond motifs is 1. The maximum absolute atomic E-state index is 13.1. The highest BCUT2D eigenvalue weighted by Crippen LogP contribution is 2.57. The molecule has 0 spiro atoms. The molecule has 2 aliphatic carbocycles. The first-order valence-corrected chi connectivity index (χ1v) is 9.88. The van der Waals surface area contributed by atoms with Gasteiger partial charge in [0.25, 0.3) is 0 Å². The number of nitriles is 1. The summed E-state index contributed by atoms with van der Waals surface area (Å²) in [5.74, 6) is -2.67. The van der Waals surface area contributed by atoms with Gasteiger partial charge in [0, 0.05) is 6.42 Å². The minimum absolute atomic E-state index is 0.00766. The Morgan fingerprint density at radius 1 is 1.15 bits per heavy atom. The molecule has 0 N–H and O–H groups in total. The second kappa shape index (κ2) is 6.82. The lowest BCUT2D eigenvalue weighted by Crippen LogP contribution is -2.39. The van der Waals surface area contributed by atoms with E-state index in [0.717, 1.165) is 0 Å². The fourth-order valence-electron chi connectivity index (χ4n) is 4.14. The van der Waals surface area contributed by atoms with E-state index >= 15 is 0 Å². The molecule has 0 amide bonds. The smallest absolute Gasteiger partial charge is 0.323 e. The molecular weight excluding hydrogens is 370 g/mol. The van der Waals surface area contributed by atoms with Gasteiger partial charge in [0.05, 0.1) is 36.0 Å². The number of ether oxygens (including phenoxy) is 2. The van der Waals surface area contributed by atoms with E-state index in [1.165, 1.54) is 26.4 Å². The Labute approximate surface area is 157 Å². The quantitative estimate of drug-likeness (QED) is 0.572. The number of carbonyl (C=O) groups is 2. The van der Waals surface area contributed by atoms with Crippen LogP contribution in [0.15, 0.2) is 45.7 Å². The maximum atomic E-state index is 13.1. The van der Waals surface area contributed by atoms with Crippen molar-refractivity contribution >= 4 is 21.8 Å². The van der Waals surface area contributed by atoms with Gasteiger partial charge in [0.1, 0.15) is 0 Å². The van der Waals surface area contributed by atoms with Crippen LogP contribution in [-0.2, 0) is 28.9 Å². The zero-order valence-electron chi connectivity index (χ0n) is 15.0. The zero-order valence-corrected chi connectivity index (χ0v) is 15.8. The Kier molecular flexibility index (Phi) is 4.82. The standard InChI is InChI=1S/C19H19NO6S/c1-25-17(21)19(18(22)26-2)9-14-12(11-20)8-16(15(14)10-19)27(23,24)13-6-4-3-5-7-13/h3-7,12,14H,8-10H2,1-2H3/t12-,14-/m1/s1. The van der Waals surface area contributed by atoms with Gasteiger partial charge in [0.2, 0.25) is 9.84 Å². The molecule has 0 unspecified atom stereocenters. The van der Waals surface area contributed by atoms with E-state index in [1.54, 1.807) is 18.2 Å². The molecule has 0 aliphatic heterocycles. The van der Waals surface area contributed by atoms with Gasteiger partial charge in [-0.1, -0.05) is 18.2 Å². The lowest BCUT2D eigenvalue weighted by atomic mass is 9.82. The Hall–Kier alpha value is -2.66. The predicted molar refractivity (Wildman–Crippen MR) is 93.6 cm³/mol. The van der Waals surface area contributed by atoms with Crippen molar-refractivity contribution in [2.24, 2.45) is 17.3 Å².